The van der Waals surface area contributed by atoms with Gasteiger partial charge in [0.25, 0.3) is 0 Å². The molecule has 2 aromatic carbocycles. The zero-order chi connectivity index (χ0) is 20.7. The molecule has 0 N–H and O–H groups in total. The molecule has 3 rings (SSSR count). The Morgan fingerprint density at radius 2 is 1.45 bits per heavy atom. The second-order valence-electron chi connectivity index (χ2n) is 8.31. The number of hydrogen-bond acceptors (Lipinski definition) is 0. The molecule has 0 amide bonds. The third kappa shape index (κ3) is 6.76. The molecule has 0 radical (unpaired) electrons. The van der Waals surface area contributed by atoms with Crippen LogP contribution in [-0.4, -0.2) is 6.18 Å². The van der Waals surface area contributed by atoms with Crippen LogP contribution < -0.4 is 0 Å². The highest BCUT2D eigenvalue weighted by molar-refractivity contribution is 5.66. The van der Waals surface area contributed by atoms with Crippen LogP contribution in [0.25, 0.3) is 17.2 Å². The van der Waals surface area contributed by atoms with E-state index in [-0.39, 0.29) is 6.42 Å². The Morgan fingerprint density at radius 3 is 2.00 bits per heavy atom. The highest BCUT2D eigenvalue weighted by Crippen LogP contribution is 2.38. The maximum absolute atomic E-state index is 12.2. The molecule has 0 spiro atoms. The molecule has 0 atom stereocenters. The second kappa shape index (κ2) is 10.1. The SMILES string of the molecule is CCC[C@H]1CC[C@H](c2ccc(-c3ccc(/C=C/CCC(F)(F)F)cc3)cc2)CC1. The first-order valence-electron chi connectivity index (χ1n) is 10.9. The van der Waals surface area contributed by atoms with Crippen molar-refractivity contribution in [2.75, 3.05) is 0 Å². The van der Waals surface area contributed by atoms with Crippen LogP contribution in [0.3, 0.4) is 0 Å². The van der Waals surface area contributed by atoms with E-state index < -0.39 is 12.6 Å². The van der Waals surface area contributed by atoms with Gasteiger partial charge in [0, 0.05) is 6.42 Å². The van der Waals surface area contributed by atoms with Gasteiger partial charge in [-0.3, -0.25) is 0 Å². The predicted octanol–water partition coefficient (Wildman–Crippen LogP) is 8.78. The standard InChI is InChI=1S/C26H31F3/c1-2-5-20-7-11-22(12-8-20)24-15-17-25(18-16-24)23-13-9-21(10-14-23)6-3-4-19-26(27,28)29/h3,6,9-10,13-18,20,22H,2,4-5,7-8,11-12,19H2,1H3/b6-3+/t20-,22-. The zero-order valence-corrected chi connectivity index (χ0v) is 17.2. The van der Waals surface area contributed by atoms with Crippen molar-refractivity contribution in [1.82, 2.24) is 0 Å². The summed E-state index contributed by atoms with van der Waals surface area (Å²) in [5.74, 6) is 1.62. The predicted molar refractivity (Wildman–Crippen MR) is 116 cm³/mol. The normalized spacial score (nSPS) is 20.3. The van der Waals surface area contributed by atoms with Crippen LogP contribution in [0.4, 0.5) is 13.2 Å². The lowest BCUT2D eigenvalue weighted by molar-refractivity contribution is -0.133. The largest absolute Gasteiger partial charge is 0.389 e. The molecule has 156 valence electrons. The smallest absolute Gasteiger partial charge is 0.171 e. The Labute approximate surface area is 172 Å². The van der Waals surface area contributed by atoms with Gasteiger partial charge in [0.05, 0.1) is 0 Å². The lowest BCUT2D eigenvalue weighted by Crippen LogP contribution is -2.13. The van der Waals surface area contributed by atoms with Gasteiger partial charge >= 0.3 is 6.18 Å². The van der Waals surface area contributed by atoms with Gasteiger partial charge in [0.15, 0.2) is 0 Å². The topological polar surface area (TPSA) is 0 Å². The molecule has 0 bridgehead atoms. The van der Waals surface area contributed by atoms with Gasteiger partial charge in [-0.1, -0.05) is 80.4 Å². The Bertz CT molecular complexity index is 761. The number of rotatable bonds is 7. The Hall–Kier alpha value is -2.03. The lowest BCUT2D eigenvalue weighted by Gasteiger charge is -2.28. The van der Waals surface area contributed by atoms with Gasteiger partial charge in [-0.2, -0.15) is 13.2 Å². The molecule has 3 heteroatoms. The zero-order valence-electron chi connectivity index (χ0n) is 17.2. The number of halogens is 3. The summed E-state index contributed by atoms with van der Waals surface area (Å²) >= 11 is 0. The molecular formula is C26H31F3. The molecule has 0 aromatic heterocycles. The summed E-state index contributed by atoms with van der Waals surface area (Å²) in [7, 11) is 0. The van der Waals surface area contributed by atoms with E-state index in [1.54, 1.807) is 12.2 Å². The van der Waals surface area contributed by atoms with Crippen molar-refractivity contribution in [3.63, 3.8) is 0 Å². The molecule has 2 aromatic rings. The third-order valence-electron chi connectivity index (χ3n) is 6.07. The van der Waals surface area contributed by atoms with Gasteiger partial charge in [-0.15, -0.1) is 0 Å². The minimum absolute atomic E-state index is 0.0209. The van der Waals surface area contributed by atoms with Crippen molar-refractivity contribution in [3.05, 3.63) is 65.7 Å². The van der Waals surface area contributed by atoms with E-state index in [0.717, 1.165) is 17.0 Å². The Balaban J connectivity index is 1.55. The minimum atomic E-state index is -4.09. The van der Waals surface area contributed by atoms with Crippen LogP contribution in [0.1, 0.15) is 75.3 Å². The number of hydrogen-bond donors (Lipinski definition) is 0. The minimum Gasteiger partial charge on any atom is -0.171 e. The highest BCUT2D eigenvalue weighted by atomic mass is 19.4. The van der Waals surface area contributed by atoms with Gasteiger partial charge in [-0.25, -0.2) is 0 Å². The van der Waals surface area contributed by atoms with Crippen molar-refractivity contribution >= 4 is 6.08 Å². The third-order valence-corrected chi connectivity index (χ3v) is 6.07. The number of benzene rings is 2. The fourth-order valence-electron chi connectivity index (χ4n) is 4.39. The average Bonchev–Trinajstić information content (AvgIpc) is 2.72. The fourth-order valence-corrected chi connectivity index (χ4v) is 4.39. The molecule has 0 saturated heterocycles. The highest BCUT2D eigenvalue weighted by Gasteiger charge is 2.25. The van der Waals surface area contributed by atoms with E-state index in [9.17, 15) is 13.2 Å². The van der Waals surface area contributed by atoms with E-state index in [2.05, 4.69) is 31.2 Å². The van der Waals surface area contributed by atoms with Crippen molar-refractivity contribution in [3.8, 4) is 11.1 Å². The van der Waals surface area contributed by atoms with Gasteiger partial charge < -0.3 is 0 Å². The summed E-state index contributed by atoms with van der Waals surface area (Å²) in [5.41, 5.74) is 4.70. The van der Waals surface area contributed by atoms with E-state index in [1.807, 2.05) is 24.3 Å². The van der Waals surface area contributed by atoms with Gasteiger partial charge in [0.2, 0.25) is 0 Å². The number of alkyl halides is 3. The average molecular weight is 401 g/mol. The molecule has 1 aliphatic rings. The van der Waals surface area contributed by atoms with Crippen molar-refractivity contribution < 1.29 is 13.2 Å². The van der Waals surface area contributed by atoms with E-state index in [0.29, 0.717) is 5.92 Å². The van der Waals surface area contributed by atoms with Gasteiger partial charge in [0.1, 0.15) is 0 Å². The van der Waals surface area contributed by atoms with Crippen molar-refractivity contribution in [2.24, 2.45) is 5.92 Å². The molecule has 1 saturated carbocycles. The maximum atomic E-state index is 12.2. The Morgan fingerprint density at radius 1 is 0.862 bits per heavy atom. The Kier molecular flexibility index (Phi) is 7.57. The van der Waals surface area contributed by atoms with E-state index >= 15 is 0 Å². The molecule has 1 aliphatic carbocycles. The second-order valence-corrected chi connectivity index (χ2v) is 8.31. The molecule has 0 aliphatic heterocycles. The molecule has 0 nitrogen and oxygen atoms in total. The van der Waals surface area contributed by atoms with Gasteiger partial charge in [-0.05, 0) is 66.2 Å². The number of allylic oxidation sites excluding steroid dienone is 1. The van der Waals surface area contributed by atoms with Crippen LogP contribution in [0, 0.1) is 5.92 Å². The van der Waals surface area contributed by atoms with Crippen LogP contribution in [0.5, 0.6) is 0 Å². The van der Waals surface area contributed by atoms with Crippen molar-refractivity contribution in [1.29, 1.82) is 0 Å². The van der Waals surface area contributed by atoms with Crippen LogP contribution in [0.2, 0.25) is 0 Å². The summed E-state index contributed by atoms with van der Waals surface area (Å²) in [5, 5.41) is 0. The lowest BCUT2D eigenvalue weighted by atomic mass is 9.77. The van der Waals surface area contributed by atoms with Crippen molar-refractivity contribution in [2.45, 2.75) is 70.4 Å². The van der Waals surface area contributed by atoms with E-state index in [1.165, 1.54) is 49.7 Å². The molecular weight excluding hydrogens is 369 g/mol. The van der Waals surface area contributed by atoms with Crippen LogP contribution >= 0.6 is 0 Å². The molecule has 0 heterocycles. The quantitative estimate of drug-likeness (QED) is 0.435. The first-order chi connectivity index (χ1) is 13.9. The van der Waals surface area contributed by atoms with Crippen LogP contribution in [-0.2, 0) is 0 Å². The molecule has 0 unspecified atom stereocenters. The fraction of sp³-hybridized carbons (Fsp3) is 0.462. The first-order valence-corrected chi connectivity index (χ1v) is 10.9. The van der Waals surface area contributed by atoms with Crippen LogP contribution in [0.15, 0.2) is 54.6 Å². The molecule has 29 heavy (non-hydrogen) atoms. The summed E-state index contributed by atoms with van der Waals surface area (Å²) in [6, 6.07) is 16.9. The maximum Gasteiger partial charge on any atom is 0.389 e. The summed E-state index contributed by atoms with van der Waals surface area (Å²) in [4.78, 5) is 0. The van der Waals surface area contributed by atoms with E-state index in [4.69, 9.17) is 0 Å². The summed E-state index contributed by atoms with van der Waals surface area (Å²) in [6.45, 7) is 2.28. The summed E-state index contributed by atoms with van der Waals surface area (Å²) in [6.07, 6.45) is 6.51. The molecule has 1 fully saturated rings. The summed E-state index contributed by atoms with van der Waals surface area (Å²) < 4.78 is 36.6. The monoisotopic (exact) mass is 400 g/mol. The first kappa shape index (κ1) is 21.7.